The van der Waals surface area contributed by atoms with Crippen LogP contribution in [0.1, 0.15) is 47.4 Å². The van der Waals surface area contributed by atoms with E-state index in [4.69, 9.17) is 14.2 Å². The van der Waals surface area contributed by atoms with Crippen molar-refractivity contribution >= 4 is 47.2 Å². The summed E-state index contributed by atoms with van der Waals surface area (Å²) in [5.74, 6) is -12.7. The average Bonchev–Trinajstić information content (AvgIpc) is 3.25. The molecule has 7 N–H and O–H groups in total. The van der Waals surface area contributed by atoms with Crippen molar-refractivity contribution in [3.8, 4) is 23.0 Å². The summed E-state index contributed by atoms with van der Waals surface area (Å²) in [5, 5.41) is 46.4. The zero-order chi connectivity index (χ0) is 38.3. The van der Waals surface area contributed by atoms with Crippen LogP contribution in [0.15, 0.2) is 48.0 Å². The minimum Gasteiger partial charge on any atom is -0.504 e. The number of benzene rings is 2. The Morgan fingerprint density at radius 3 is 1.46 bits per heavy atom. The van der Waals surface area contributed by atoms with Crippen molar-refractivity contribution in [3.63, 3.8) is 0 Å². The number of esters is 3. The van der Waals surface area contributed by atoms with Gasteiger partial charge in [0, 0.05) is 6.42 Å². The molecule has 52 heavy (non-hydrogen) atoms. The molecule has 4 rings (SSSR count). The molecule has 1 heterocycles. The number of phenolic OH excluding ortho intramolecular Hbond substituents is 4. The van der Waals surface area contributed by atoms with Gasteiger partial charge >= 0.3 is 17.9 Å². The number of para-hydroxylation sites is 2. The van der Waals surface area contributed by atoms with Crippen LogP contribution in [-0.4, -0.2) is 106 Å². The molecule has 4 unspecified atom stereocenters. The van der Waals surface area contributed by atoms with Crippen LogP contribution >= 0.6 is 0 Å². The van der Waals surface area contributed by atoms with Gasteiger partial charge in [-0.2, -0.15) is 0 Å². The van der Waals surface area contributed by atoms with Crippen molar-refractivity contribution in [2.45, 2.75) is 44.8 Å². The molecule has 18 heteroatoms. The largest absolute Gasteiger partial charge is 0.504 e. The number of Topliss-reactive ketones (excluding diaryl/α,β-unsaturated/α-hetero) is 2. The third-order valence-electron chi connectivity index (χ3n) is 8.22. The standard InChI is InChI=1S/C34H35N3O15/c1-15(2)16-9-10-19(28(43)25(40)11-16)31(46)37-22-14-52-33(48)20(35-29(44)17-5-3-7-23(38)26(17)41)12-50-32(47)21(13-51-34(22)49)36-30(45)18-6-4-8-24(39)27(18)42/h3-8,10,15-16,20-22,38-39,41-42H,9,11-14H2,1-2H3,(H,35,44)(H,36,45)(H,37,46). The Labute approximate surface area is 294 Å². The van der Waals surface area contributed by atoms with Crippen LogP contribution in [0.4, 0.5) is 0 Å². The van der Waals surface area contributed by atoms with Crippen LogP contribution in [0.25, 0.3) is 0 Å². The summed E-state index contributed by atoms with van der Waals surface area (Å²) in [6.45, 7) is 0.790. The van der Waals surface area contributed by atoms with Crippen molar-refractivity contribution in [1.29, 1.82) is 0 Å². The highest BCUT2D eigenvalue weighted by atomic mass is 16.6. The number of carbonyl (C=O) groups excluding carboxylic acids is 8. The smallest absolute Gasteiger partial charge is 0.332 e. The Kier molecular flexibility index (Phi) is 12.2. The second-order valence-corrected chi connectivity index (χ2v) is 12.1. The number of amides is 3. The average molecular weight is 726 g/mol. The van der Waals surface area contributed by atoms with Gasteiger partial charge in [-0.3, -0.25) is 24.0 Å². The van der Waals surface area contributed by atoms with E-state index >= 15 is 0 Å². The Bertz CT molecular complexity index is 1770. The maximum Gasteiger partial charge on any atom is 0.332 e. The second kappa shape index (κ2) is 16.5. The lowest BCUT2D eigenvalue weighted by atomic mass is 9.89. The molecule has 0 spiro atoms. The molecule has 4 atom stereocenters. The first kappa shape index (κ1) is 38.3. The van der Waals surface area contributed by atoms with Gasteiger partial charge in [-0.15, -0.1) is 0 Å². The van der Waals surface area contributed by atoms with Crippen molar-refractivity contribution < 1.29 is 73.0 Å². The van der Waals surface area contributed by atoms with E-state index < -0.39 is 125 Å². The SMILES string of the molecule is CC(C)C1CC=C(C(=O)NC2COC(=O)C(NC(=O)c3cccc(O)c3O)COC(=O)C(NC(=O)c3cccc(O)c3O)COC2=O)C(=O)C(=O)C1. The van der Waals surface area contributed by atoms with E-state index in [-0.39, 0.29) is 24.7 Å². The number of cyclic esters (lactones) is 3. The van der Waals surface area contributed by atoms with Crippen LogP contribution in [0, 0.1) is 11.8 Å². The quantitative estimate of drug-likeness (QED) is 0.0632. The molecular formula is C34H35N3O15. The van der Waals surface area contributed by atoms with E-state index in [2.05, 4.69) is 16.0 Å². The monoisotopic (exact) mass is 725 g/mol. The van der Waals surface area contributed by atoms with Gasteiger partial charge in [-0.25, -0.2) is 14.4 Å². The van der Waals surface area contributed by atoms with Gasteiger partial charge in [0.15, 0.2) is 41.1 Å². The maximum atomic E-state index is 13.3. The van der Waals surface area contributed by atoms with E-state index in [0.717, 1.165) is 24.3 Å². The Hall–Kier alpha value is -6.46. The van der Waals surface area contributed by atoms with Gasteiger partial charge in [0.25, 0.3) is 17.7 Å². The Balaban J connectivity index is 1.63. The minimum absolute atomic E-state index is 0.00207. The summed E-state index contributed by atoms with van der Waals surface area (Å²) >= 11 is 0. The second-order valence-electron chi connectivity index (χ2n) is 12.1. The zero-order valence-electron chi connectivity index (χ0n) is 27.7. The highest BCUT2D eigenvalue weighted by Gasteiger charge is 2.37. The highest BCUT2D eigenvalue weighted by Crippen LogP contribution is 2.29. The van der Waals surface area contributed by atoms with Crippen LogP contribution in [0.2, 0.25) is 0 Å². The molecule has 2 aromatic rings. The number of ketones is 2. The molecule has 0 aromatic heterocycles. The summed E-state index contributed by atoms with van der Waals surface area (Å²) < 4.78 is 15.4. The molecule has 2 aromatic carbocycles. The third-order valence-corrected chi connectivity index (χ3v) is 8.22. The normalized spacial score (nSPS) is 21.6. The predicted molar refractivity (Wildman–Crippen MR) is 173 cm³/mol. The molecule has 276 valence electrons. The number of rotatable bonds is 7. The summed E-state index contributed by atoms with van der Waals surface area (Å²) in [4.78, 5) is 104. The summed E-state index contributed by atoms with van der Waals surface area (Å²) in [5.41, 5.74) is -1.55. The summed E-state index contributed by atoms with van der Waals surface area (Å²) in [7, 11) is 0. The van der Waals surface area contributed by atoms with Gasteiger partial charge < -0.3 is 50.6 Å². The molecule has 0 saturated carbocycles. The number of nitrogens with one attached hydrogen (secondary N) is 3. The molecule has 1 aliphatic heterocycles. The third kappa shape index (κ3) is 9.01. The lowest BCUT2D eigenvalue weighted by molar-refractivity contribution is -0.161. The highest BCUT2D eigenvalue weighted by molar-refractivity contribution is 6.49. The van der Waals surface area contributed by atoms with Crippen molar-refractivity contribution in [2.24, 2.45) is 11.8 Å². The summed E-state index contributed by atoms with van der Waals surface area (Å²) in [6, 6.07) is 1.19. The first-order valence-electron chi connectivity index (χ1n) is 15.8. The van der Waals surface area contributed by atoms with Crippen molar-refractivity contribution in [2.75, 3.05) is 19.8 Å². The molecule has 3 amide bonds. The lowest BCUT2D eigenvalue weighted by Crippen LogP contribution is -2.53. The van der Waals surface area contributed by atoms with Gasteiger partial charge in [0.05, 0.1) is 16.7 Å². The van der Waals surface area contributed by atoms with Gasteiger partial charge in [0.2, 0.25) is 11.6 Å². The van der Waals surface area contributed by atoms with E-state index in [1.54, 1.807) is 0 Å². The van der Waals surface area contributed by atoms with Gasteiger partial charge in [-0.05, 0) is 42.5 Å². The van der Waals surface area contributed by atoms with Crippen LogP contribution in [0.5, 0.6) is 23.0 Å². The molecule has 0 radical (unpaired) electrons. The fourth-order valence-corrected chi connectivity index (χ4v) is 5.07. The van der Waals surface area contributed by atoms with Crippen LogP contribution in [0.3, 0.4) is 0 Å². The van der Waals surface area contributed by atoms with Gasteiger partial charge in [-0.1, -0.05) is 32.1 Å². The molecule has 18 nitrogen and oxygen atoms in total. The molecule has 2 aliphatic rings. The lowest BCUT2D eigenvalue weighted by Gasteiger charge is -2.25. The number of ether oxygens (including phenoxy) is 3. The number of allylic oxidation sites excluding steroid dienone is 1. The minimum atomic E-state index is -1.88. The van der Waals surface area contributed by atoms with Crippen molar-refractivity contribution in [3.05, 3.63) is 59.2 Å². The molecule has 0 bridgehead atoms. The zero-order valence-corrected chi connectivity index (χ0v) is 27.7. The van der Waals surface area contributed by atoms with E-state index in [1.165, 1.54) is 18.2 Å². The van der Waals surface area contributed by atoms with Crippen LogP contribution in [-0.2, 0) is 43.0 Å². The molecule has 1 fully saturated rings. The van der Waals surface area contributed by atoms with E-state index in [0.29, 0.717) is 0 Å². The first-order valence-corrected chi connectivity index (χ1v) is 15.8. The fraction of sp³-hybridized carbons (Fsp3) is 0.353. The number of aromatic hydroxyl groups is 4. The van der Waals surface area contributed by atoms with Crippen LogP contribution < -0.4 is 16.0 Å². The van der Waals surface area contributed by atoms with Crippen molar-refractivity contribution in [1.82, 2.24) is 16.0 Å². The maximum absolute atomic E-state index is 13.3. The fourth-order valence-electron chi connectivity index (χ4n) is 5.07. The van der Waals surface area contributed by atoms with Gasteiger partial charge in [0.1, 0.15) is 19.8 Å². The topological polar surface area (TPSA) is 281 Å². The molecular weight excluding hydrogens is 690 g/mol. The summed E-state index contributed by atoms with van der Waals surface area (Å²) in [6.07, 6.45) is 1.35. The number of carbonyl (C=O) groups is 8. The number of hydrogen-bond acceptors (Lipinski definition) is 15. The Morgan fingerprint density at radius 2 is 1.06 bits per heavy atom. The predicted octanol–water partition coefficient (Wildman–Crippen LogP) is -0.335. The Morgan fingerprint density at radius 1 is 0.654 bits per heavy atom. The number of phenols is 4. The molecule has 1 saturated heterocycles. The first-order chi connectivity index (χ1) is 24.6. The molecule has 1 aliphatic carbocycles. The number of hydrogen-bond donors (Lipinski definition) is 7. The van der Waals surface area contributed by atoms with E-state index in [9.17, 15) is 58.8 Å². The van der Waals surface area contributed by atoms with E-state index in [1.807, 2.05) is 13.8 Å².